The average molecular weight is 439 g/mol. The van der Waals surface area contributed by atoms with E-state index in [0.717, 1.165) is 24.8 Å². The molecule has 5 heteroatoms. The summed E-state index contributed by atoms with van der Waals surface area (Å²) in [5, 5.41) is 0. The molecule has 0 fully saturated rings. The van der Waals surface area contributed by atoms with E-state index in [0.29, 0.717) is 36.3 Å². The Bertz CT molecular complexity index is 1060. The Morgan fingerprint density at radius 1 is 1.00 bits per heavy atom. The Hall–Kier alpha value is -2.66. The third-order valence-electron chi connectivity index (χ3n) is 5.50. The van der Waals surface area contributed by atoms with Crippen LogP contribution in [0.25, 0.3) is 11.6 Å². The van der Waals surface area contributed by atoms with Crippen LogP contribution in [0.15, 0.2) is 65.6 Å². The molecule has 4 nitrogen and oxygen atoms in total. The van der Waals surface area contributed by atoms with Crippen molar-refractivity contribution < 1.29 is 17.9 Å². The van der Waals surface area contributed by atoms with Gasteiger partial charge in [0.2, 0.25) is 0 Å². The molecule has 0 heterocycles. The molecule has 0 radical (unpaired) electrons. The predicted molar refractivity (Wildman–Crippen MR) is 125 cm³/mol. The molecular formula is C26H30O4S. The number of unbranched alkanes of at least 4 members (excludes halogenated alkanes) is 2. The minimum absolute atomic E-state index is 0.0941. The van der Waals surface area contributed by atoms with E-state index in [1.807, 2.05) is 12.1 Å². The van der Waals surface area contributed by atoms with Gasteiger partial charge in [0, 0.05) is 5.57 Å². The lowest BCUT2D eigenvalue weighted by Gasteiger charge is -2.09. The summed E-state index contributed by atoms with van der Waals surface area (Å²) in [6.45, 7) is 5.42. The molecule has 31 heavy (non-hydrogen) atoms. The van der Waals surface area contributed by atoms with Crippen molar-refractivity contribution in [1.29, 1.82) is 0 Å². The molecule has 0 aromatic heterocycles. The van der Waals surface area contributed by atoms with Crippen LogP contribution < -0.4 is 0 Å². The van der Waals surface area contributed by atoms with Gasteiger partial charge in [0.05, 0.1) is 17.3 Å². The first-order chi connectivity index (χ1) is 14.9. The van der Waals surface area contributed by atoms with Crippen molar-refractivity contribution in [2.75, 3.05) is 12.4 Å². The summed E-state index contributed by atoms with van der Waals surface area (Å²) in [5.41, 5.74) is 5.31. The second-order valence-electron chi connectivity index (χ2n) is 8.04. The number of esters is 1. The van der Waals surface area contributed by atoms with Crippen molar-refractivity contribution in [3.63, 3.8) is 0 Å². The fourth-order valence-corrected chi connectivity index (χ4v) is 5.08. The number of aryl methyl sites for hydroxylation is 1. The molecule has 2 aromatic carbocycles. The Labute approximate surface area is 185 Å². The van der Waals surface area contributed by atoms with E-state index in [1.54, 1.807) is 19.1 Å². The molecule has 0 saturated heterocycles. The highest BCUT2D eigenvalue weighted by molar-refractivity contribution is 7.91. The van der Waals surface area contributed by atoms with Crippen molar-refractivity contribution >= 4 is 27.5 Å². The van der Waals surface area contributed by atoms with Gasteiger partial charge >= 0.3 is 5.97 Å². The van der Waals surface area contributed by atoms with E-state index in [-0.39, 0.29) is 5.75 Å². The molecule has 0 N–H and O–H groups in total. The normalized spacial score (nSPS) is 13.6. The fourth-order valence-electron chi connectivity index (χ4n) is 3.71. The standard InChI is InChI=1S/C26H30O4S/c1-20(2)26(27)30-17-6-3-7-18-31(28,29)25-15-13-22(14-16-25)24-12-8-11-21-9-4-5-10-23(21)19-24/h4-5,9-10,13-16,19H,1,3,6-8,11-12,17-18H2,2H3. The SMILES string of the molecule is C=C(C)C(=O)OCCCCCS(=O)(=O)c1ccc(C2=Cc3ccccc3CCC2)cc1. The summed E-state index contributed by atoms with van der Waals surface area (Å²) in [6, 6.07) is 15.7. The molecule has 1 aliphatic rings. The highest BCUT2D eigenvalue weighted by atomic mass is 32.2. The van der Waals surface area contributed by atoms with Crippen LogP contribution in [-0.2, 0) is 25.8 Å². The van der Waals surface area contributed by atoms with Crippen LogP contribution >= 0.6 is 0 Å². The van der Waals surface area contributed by atoms with Gasteiger partial charge in [-0.15, -0.1) is 0 Å². The molecule has 164 valence electrons. The van der Waals surface area contributed by atoms with Crippen LogP contribution in [0.4, 0.5) is 0 Å². The van der Waals surface area contributed by atoms with Crippen LogP contribution in [0.2, 0.25) is 0 Å². The Morgan fingerprint density at radius 3 is 2.48 bits per heavy atom. The van der Waals surface area contributed by atoms with Crippen molar-refractivity contribution in [3.05, 3.63) is 77.4 Å². The van der Waals surface area contributed by atoms with Gasteiger partial charge in [0.25, 0.3) is 0 Å². The molecule has 1 aliphatic carbocycles. The summed E-state index contributed by atoms with van der Waals surface area (Å²) in [5.74, 6) is -0.309. The molecular weight excluding hydrogens is 408 g/mol. The first kappa shape index (κ1) is 23.0. The van der Waals surface area contributed by atoms with E-state index in [9.17, 15) is 13.2 Å². The zero-order chi connectivity index (χ0) is 22.3. The minimum Gasteiger partial charge on any atom is -0.462 e. The third-order valence-corrected chi connectivity index (χ3v) is 7.32. The number of ether oxygens (including phenoxy) is 1. The summed E-state index contributed by atoms with van der Waals surface area (Å²) < 4.78 is 30.3. The first-order valence-electron chi connectivity index (χ1n) is 10.8. The lowest BCUT2D eigenvalue weighted by molar-refractivity contribution is -0.139. The quantitative estimate of drug-likeness (QED) is 0.289. The number of rotatable bonds is 9. The highest BCUT2D eigenvalue weighted by Crippen LogP contribution is 2.30. The van der Waals surface area contributed by atoms with Crippen molar-refractivity contribution in [2.45, 2.75) is 50.3 Å². The lowest BCUT2D eigenvalue weighted by atomic mass is 10.0. The maximum absolute atomic E-state index is 12.7. The van der Waals surface area contributed by atoms with E-state index in [2.05, 4.69) is 36.9 Å². The number of hydrogen-bond donors (Lipinski definition) is 0. The van der Waals surface area contributed by atoms with Gasteiger partial charge in [0.1, 0.15) is 0 Å². The number of sulfone groups is 1. The Kier molecular flexibility index (Phi) is 7.85. The monoisotopic (exact) mass is 438 g/mol. The maximum atomic E-state index is 12.7. The van der Waals surface area contributed by atoms with Crippen LogP contribution in [0.3, 0.4) is 0 Å². The van der Waals surface area contributed by atoms with Crippen LogP contribution in [0.5, 0.6) is 0 Å². The van der Waals surface area contributed by atoms with Gasteiger partial charge in [-0.1, -0.05) is 49.1 Å². The van der Waals surface area contributed by atoms with Crippen LogP contribution in [0, 0.1) is 0 Å². The summed E-state index contributed by atoms with van der Waals surface area (Å²) in [4.78, 5) is 11.7. The summed E-state index contributed by atoms with van der Waals surface area (Å²) in [6.07, 6.45) is 7.23. The van der Waals surface area contributed by atoms with E-state index >= 15 is 0 Å². The van der Waals surface area contributed by atoms with E-state index in [1.165, 1.54) is 16.7 Å². The average Bonchev–Trinajstić information content (AvgIpc) is 2.98. The Balaban J connectivity index is 1.56. The predicted octanol–water partition coefficient (Wildman–Crippen LogP) is 5.63. The molecule has 0 amide bonds. The molecule has 0 spiro atoms. The summed E-state index contributed by atoms with van der Waals surface area (Å²) >= 11 is 0. The topological polar surface area (TPSA) is 60.4 Å². The Morgan fingerprint density at radius 2 is 1.74 bits per heavy atom. The number of carbonyl (C=O) groups is 1. The second-order valence-corrected chi connectivity index (χ2v) is 10.2. The minimum atomic E-state index is -3.32. The number of benzene rings is 2. The fraction of sp³-hybridized carbons (Fsp3) is 0.346. The molecule has 0 saturated carbocycles. The summed E-state index contributed by atoms with van der Waals surface area (Å²) in [7, 11) is -3.32. The van der Waals surface area contributed by atoms with Crippen molar-refractivity contribution in [3.8, 4) is 0 Å². The van der Waals surface area contributed by atoms with Gasteiger partial charge < -0.3 is 4.74 Å². The molecule has 0 atom stereocenters. The van der Waals surface area contributed by atoms with Crippen molar-refractivity contribution in [1.82, 2.24) is 0 Å². The first-order valence-corrected chi connectivity index (χ1v) is 12.5. The van der Waals surface area contributed by atoms with Gasteiger partial charge in [-0.25, -0.2) is 13.2 Å². The number of hydrogen-bond acceptors (Lipinski definition) is 4. The van der Waals surface area contributed by atoms with Crippen molar-refractivity contribution in [2.24, 2.45) is 0 Å². The van der Waals surface area contributed by atoms with E-state index < -0.39 is 15.8 Å². The number of allylic oxidation sites excluding steroid dienone is 1. The second kappa shape index (κ2) is 10.6. The molecule has 2 aromatic rings. The molecule has 3 rings (SSSR count). The number of carbonyl (C=O) groups excluding carboxylic acids is 1. The van der Waals surface area contributed by atoms with Gasteiger partial charge in [-0.2, -0.15) is 0 Å². The zero-order valence-electron chi connectivity index (χ0n) is 18.1. The van der Waals surface area contributed by atoms with Gasteiger partial charge in [0.15, 0.2) is 9.84 Å². The highest BCUT2D eigenvalue weighted by Gasteiger charge is 2.15. The van der Waals surface area contributed by atoms with Crippen LogP contribution in [0.1, 0.15) is 55.7 Å². The van der Waals surface area contributed by atoms with Gasteiger partial charge in [-0.05, 0) is 79.8 Å². The smallest absolute Gasteiger partial charge is 0.333 e. The van der Waals surface area contributed by atoms with Gasteiger partial charge in [-0.3, -0.25) is 0 Å². The lowest BCUT2D eigenvalue weighted by Crippen LogP contribution is -2.09. The third kappa shape index (κ3) is 6.41. The number of fused-ring (bicyclic) bond motifs is 1. The van der Waals surface area contributed by atoms with Crippen LogP contribution in [-0.4, -0.2) is 26.7 Å². The molecule has 0 aliphatic heterocycles. The maximum Gasteiger partial charge on any atom is 0.333 e. The molecule has 0 unspecified atom stereocenters. The molecule has 0 bridgehead atoms. The zero-order valence-corrected chi connectivity index (χ0v) is 18.9. The largest absolute Gasteiger partial charge is 0.462 e. The van der Waals surface area contributed by atoms with E-state index in [4.69, 9.17) is 4.74 Å².